The molecule has 7 heteroatoms. The van der Waals surface area contributed by atoms with E-state index in [0.29, 0.717) is 4.88 Å². The number of amides is 1. The minimum atomic E-state index is -0.200. The summed E-state index contributed by atoms with van der Waals surface area (Å²) in [5.41, 5.74) is 0. The second-order valence-electron chi connectivity index (χ2n) is 3.24. The molecule has 0 aliphatic rings. The van der Waals surface area contributed by atoms with E-state index < -0.39 is 0 Å². The van der Waals surface area contributed by atoms with E-state index in [-0.39, 0.29) is 17.9 Å². The zero-order valence-corrected chi connectivity index (χ0v) is 10.3. The summed E-state index contributed by atoms with van der Waals surface area (Å²) in [6.45, 7) is 2.05. The minimum Gasteiger partial charge on any atom is -0.466 e. The minimum absolute atomic E-state index is 0.195. The molecule has 17 heavy (non-hydrogen) atoms. The molecular weight excluding hydrogens is 240 g/mol. The van der Waals surface area contributed by atoms with Gasteiger partial charge in [-0.1, -0.05) is 6.92 Å². The molecule has 0 fully saturated rings. The van der Waals surface area contributed by atoms with E-state index in [2.05, 4.69) is 27.4 Å². The topological polar surface area (TPSA) is 79.9 Å². The normalized spacial score (nSPS) is 10.2. The fourth-order valence-electron chi connectivity index (χ4n) is 1.25. The average molecular weight is 252 g/mol. The molecule has 2 aromatic rings. The first-order valence-corrected chi connectivity index (χ1v) is 5.91. The molecule has 0 radical (unpaired) electrons. The van der Waals surface area contributed by atoms with Gasteiger partial charge in [0.05, 0.1) is 12.0 Å². The number of hydrogen-bond acceptors (Lipinski definition) is 5. The number of aryl methyl sites for hydroxylation is 1. The summed E-state index contributed by atoms with van der Waals surface area (Å²) in [5.74, 6) is 0.0757. The van der Waals surface area contributed by atoms with E-state index in [1.807, 2.05) is 6.07 Å². The SMILES string of the molecule is CCc1ccc(C(=O)Nc2nc(OC)n[nH]2)s1. The fourth-order valence-corrected chi connectivity index (χ4v) is 2.10. The third-order valence-electron chi connectivity index (χ3n) is 2.11. The van der Waals surface area contributed by atoms with Crippen molar-refractivity contribution in [3.63, 3.8) is 0 Å². The molecule has 0 saturated heterocycles. The molecule has 0 aliphatic carbocycles. The van der Waals surface area contributed by atoms with Gasteiger partial charge in [-0.3, -0.25) is 10.1 Å². The van der Waals surface area contributed by atoms with Crippen LogP contribution in [0.5, 0.6) is 6.01 Å². The summed E-state index contributed by atoms with van der Waals surface area (Å²) >= 11 is 1.47. The molecule has 0 bridgehead atoms. The lowest BCUT2D eigenvalue weighted by Crippen LogP contribution is -2.11. The van der Waals surface area contributed by atoms with Gasteiger partial charge in [0, 0.05) is 4.88 Å². The second-order valence-corrected chi connectivity index (χ2v) is 4.41. The molecule has 0 unspecified atom stereocenters. The van der Waals surface area contributed by atoms with Crippen LogP contribution in [0.2, 0.25) is 0 Å². The van der Waals surface area contributed by atoms with Gasteiger partial charge in [0.25, 0.3) is 5.91 Å². The van der Waals surface area contributed by atoms with Crippen molar-refractivity contribution >= 4 is 23.2 Å². The number of aromatic nitrogens is 3. The Labute approximate surface area is 102 Å². The lowest BCUT2D eigenvalue weighted by atomic mass is 10.3. The van der Waals surface area contributed by atoms with Crippen molar-refractivity contribution in [3.8, 4) is 6.01 Å². The molecule has 2 rings (SSSR count). The molecule has 6 nitrogen and oxygen atoms in total. The molecule has 0 aliphatic heterocycles. The van der Waals surface area contributed by atoms with Crippen LogP contribution in [0.3, 0.4) is 0 Å². The standard InChI is InChI=1S/C10H12N4O2S/c1-3-6-4-5-7(17-6)8(15)11-9-12-10(16-2)14-13-9/h4-5H,3H2,1-2H3,(H2,11,12,13,14,15). The monoisotopic (exact) mass is 252 g/mol. The van der Waals surface area contributed by atoms with Gasteiger partial charge in [-0.2, -0.15) is 4.98 Å². The van der Waals surface area contributed by atoms with Crippen LogP contribution in [0.4, 0.5) is 5.95 Å². The molecule has 1 amide bonds. The quantitative estimate of drug-likeness (QED) is 0.867. The van der Waals surface area contributed by atoms with Crippen molar-refractivity contribution in [2.24, 2.45) is 0 Å². The van der Waals surface area contributed by atoms with Crippen LogP contribution in [-0.4, -0.2) is 28.2 Å². The van der Waals surface area contributed by atoms with Gasteiger partial charge in [-0.05, 0) is 18.6 Å². The molecule has 0 spiro atoms. The average Bonchev–Trinajstić information content (AvgIpc) is 2.96. The molecule has 0 atom stereocenters. The number of carbonyl (C=O) groups excluding carboxylic acids is 1. The number of thiophene rings is 1. The lowest BCUT2D eigenvalue weighted by Gasteiger charge is -1.97. The van der Waals surface area contributed by atoms with Crippen molar-refractivity contribution in [2.45, 2.75) is 13.3 Å². The van der Waals surface area contributed by atoms with E-state index in [1.165, 1.54) is 23.3 Å². The first-order chi connectivity index (χ1) is 8.22. The number of rotatable bonds is 4. The van der Waals surface area contributed by atoms with E-state index in [0.717, 1.165) is 6.42 Å². The molecule has 2 heterocycles. The van der Waals surface area contributed by atoms with Gasteiger partial charge >= 0.3 is 6.01 Å². The summed E-state index contributed by atoms with van der Waals surface area (Å²) in [4.78, 5) is 17.5. The Morgan fingerprint density at radius 2 is 2.41 bits per heavy atom. The summed E-state index contributed by atoms with van der Waals surface area (Å²) in [7, 11) is 1.46. The Morgan fingerprint density at radius 3 is 3.00 bits per heavy atom. The van der Waals surface area contributed by atoms with Gasteiger partial charge in [0.1, 0.15) is 0 Å². The van der Waals surface area contributed by atoms with Gasteiger partial charge < -0.3 is 4.74 Å². The van der Waals surface area contributed by atoms with Gasteiger partial charge in [-0.15, -0.1) is 16.4 Å². The molecule has 2 aromatic heterocycles. The number of aromatic amines is 1. The first-order valence-electron chi connectivity index (χ1n) is 5.09. The Morgan fingerprint density at radius 1 is 1.59 bits per heavy atom. The third kappa shape index (κ3) is 2.62. The first kappa shape index (κ1) is 11.6. The van der Waals surface area contributed by atoms with Gasteiger partial charge in [0.15, 0.2) is 0 Å². The van der Waals surface area contributed by atoms with Crippen LogP contribution >= 0.6 is 11.3 Å². The van der Waals surface area contributed by atoms with E-state index >= 15 is 0 Å². The van der Waals surface area contributed by atoms with E-state index in [9.17, 15) is 4.79 Å². The maximum absolute atomic E-state index is 11.8. The van der Waals surface area contributed by atoms with Crippen molar-refractivity contribution in [3.05, 3.63) is 21.9 Å². The maximum atomic E-state index is 11.8. The molecular formula is C10H12N4O2S. The van der Waals surface area contributed by atoms with E-state index in [4.69, 9.17) is 4.74 Å². The zero-order chi connectivity index (χ0) is 12.3. The number of nitrogens with one attached hydrogen (secondary N) is 2. The maximum Gasteiger partial charge on any atom is 0.336 e. The highest BCUT2D eigenvalue weighted by atomic mass is 32.1. The zero-order valence-electron chi connectivity index (χ0n) is 9.48. The highest BCUT2D eigenvalue weighted by Crippen LogP contribution is 2.18. The predicted molar refractivity (Wildman–Crippen MR) is 64.6 cm³/mol. The Bertz CT molecular complexity index is 520. The number of methoxy groups -OCH3 is 1. The van der Waals surface area contributed by atoms with Crippen LogP contribution in [0.25, 0.3) is 0 Å². The number of hydrogen-bond donors (Lipinski definition) is 2. The van der Waals surface area contributed by atoms with Crippen LogP contribution in [0, 0.1) is 0 Å². The highest BCUT2D eigenvalue weighted by molar-refractivity contribution is 7.14. The molecule has 2 N–H and O–H groups in total. The van der Waals surface area contributed by atoms with Gasteiger partial charge in [0.2, 0.25) is 5.95 Å². The number of anilines is 1. The highest BCUT2D eigenvalue weighted by Gasteiger charge is 2.11. The lowest BCUT2D eigenvalue weighted by molar-refractivity contribution is 0.102. The van der Waals surface area contributed by atoms with Crippen LogP contribution < -0.4 is 10.1 Å². The van der Waals surface area contributed by atoms with Crippen LogP contribution in [-0.2, 0) is 6.42 Å². The summed E-state index contributed by atoms with van der Waals surface area (Å²) in [6, 6.07) is 3.94. The van der Waals surface area contributed by atoms with Gasteiger partial charge in [-0.25, -0.2) is 5.10 Å². The fraction of sp³-hybridized carbons (Fsp3) is 0.300. The summed E-state index contributed by atoms with van der Waals surface area (Å²) < 4.78 is 4.80. The third-order valence-corrected chi connectivity index (χ3v) is 3.34. The largest absolute Gasteiger partial charge is 0.466 e. The van der Waals surface area contributed by atoms with Crippen LogP contribution in [0.15, 0.2) is 12.1 Å². The van der Waals surface area contributed by atoms with Crippen molar-refractivity contribution < 1.29 is 9.53 Å². The van der Waals surface area contributed by atoms with Crippen LogP contribution in [0.1, 0.15) is 21.5 Å². The number of carbonyl (C=O) groups is 1. The smallest absolute Gasteiger partial charge is 0.336 e. The molecule has 0 aromatic carbocycles. The Hall–Kier alpha value is -1.89. The second kappa shape index (κ2) is 4.96. The number of H-pyrrole nitrogens is 1. The predicted octanol–water partition coefficient (Wildman–Crippen LogP) is 1.69. The number of nitrogens with zero attached hydrogens (tertiary/aromatic N) is 2. The van der Waals surface area contributed by atoms with Crippen molar-refractivity contribution in [1.29, 1.82) is 0 Å². The summed E-state index contributed by atoms with van der Waals surface area (Å²) in [6.07, 6.45) is 0.925. The summed E-state index contributed by atoms with van der Waals surface area (Å²) in [5, 5.41) is 8.91. The molecule has 90 valence electrons. The number of ether oxygens (including phenoxy) is 1. The van der Waals surface area contributed by atoms with Crippen molar-refractivity contribution in [1.82, 2.24) is 15.2 Å². The van der Waals surface area contributed by atoms with Crippen molar-refractivity contribution in [2.75, 3.05) is 12.4 Å². The Balaban J connectivity index is 2.05. The Kier molecular flexibility index (Phi) is 3.38. The van der Waals surface area contributed by atoms with E-state index in [1.54, 1.807) is 6.07 Å². The molecule has 0 saturated carbocycles.